The molecule has 0 bridgehead atoms. The minimum absolute atomic E-state index is 0.0962. The Bertz CT molecular complexity index is 2420. The van der Waals surface area contributed by atoms with Crippen LogP contribution < -0.4 is 0 Å². The number of fused-ring (bicyclic) bond motifs is 5. The highest BCUT2D eigenvalue weighted by Crippen LogP contribution is 2.53. The molecule has 3 heteroatoms. The third-order valence-corrected chi connectivity index (χ3v) is 9.47. The Balaban J connectivity index is 1.22. The first kappa shape index (κ1) is 26.6. The topological polar surface area (TPSA) is 38.9 Å². The summed E-state index contributed by atoms with van der Waals surface area (Å²) in [6.07, 6.45) is 0. The van der Waals surface area contributed by atoms with E-state index >= 15 is 0 Å². The fourth-order valence-electron chi connectivity index (χ4n) is 7.11. The molecule has 0 spiro atoms. The Morgan fingerprint density at radius 1 is 0.478 bits per heavy atom. The molecule has 0 radical (unpaired) electrons. The summed E-state index contributed by atoms with van der Waals surface area (Å²) in [5, 5.41) is 3.60. The molecule has 0 N–H and O–H groups in total. The molecule has 3 nitrogen and oxygen atoms in total. The van der Waals surface area contributed by atoms with Crippen LogP contribution in [0.3, 0.4) is 0 Å². The molecule has 2 heterocycles. The van der Waals surface area contributed by atoms with E-state index < -0.39 is 0 Å². The van der Waals surface area contributed by atoms with Gasteiger partial charge in [-0.15, -0.1) is 0 Å². The zero-order valence-corrected chi connectivity index (χ0v) is 25.7. The van der Waals surface area contributed by atoms with Crippen LogP contribution in [0.1, 0.15) is 25.0 Å². The van der Waals surface area contributed by atoms with Crippen LogP contribution in [0.4, 0.5) is 0 Å². The highest BCUT2D eigenvalue weighted by Gasteiger charge is 2.37. The van der Waals surface area contributed by atoms with E-state index in [1.165, 1.54) is 38.6 Å². The molecule has 46 heavy (non-hydrogen) atoms. The van der Waals surface area contributed by atoms with Gasteiger partial charge in [0.05, 0.1) is 5.69 Å². The van der Waals surface area contributed by atoms with Crippen molar-refractivity contribution in [1.82, 2.24) is 9.97 Å². The van der Waals surface area contributed by atoms with Gasteiger partial charge in [-0.1, -0.05) is 123 Å². The van der Waals surface area contributed by atoms with E-state index in [1.54, 1.807) is 0 Å². The van der Waals surface area contributed by atoms with Crippen molar-refractivity contribution in [3.05, 3.63) is 157 Å². The molecule has 0 aliphatic heterocycles. The Morgan fingerprint density at radius 2 is 1.15 bits per heavy atom. The monoisotopic (exact) mass is 590 g/mol. The van der Waals surface area contributed by atoms with E-state index in [0.717, 1.165) is 44.8 Å². The van der Waals surface area contributed by atoms with Crippen molar-refractivity contribution in [2.24, 2.45) is 0 Å². The zero-order valence-electron chi connectivity index (χ0n) is 25.7. The second-order valence-corrected chi connectivity index (χ2v) is 12.7. The largest absolute Gasteiger partial charge is 0.454 e. The third-order valence-electron chi connectivity index (χ3n) is 9.47. The molecule has 9 rings (SSSR count). The standard InChI is InChI=1S/C43H30N2O/c1-43(2)35-20-11-19-33(41(35)34-23-28-14-6-7-15-29(28)24-36(34)43)30-17-10-18-31(22-30)37-26-38(40-25-32-16-8-9-21-39(32)46-40)45-42(44-37)27-12-4-3-5-13-27/h3-26H,1-2H3. The van der Waals surface area contributed by atoms with Gasteiger partial charge in [-0.25, -0.2) is 9.97 Å². The van der Waals surface area contributed by atoms with Crippen molar-refractivity contribution >= 4 is 21.7 Å². The molecule has 0 saturated heterocycles. The average Bonchev–Trinajstić information content (AvgIpc) is 3.64. The zero-order chi connectivity index (χ0) is 30.8. The number of benzene rings is 6. The number of para-hydroxylation sites is 1. The first-order valence-electron chi connectivity index (χ1n) is 15.7. The third kappa shape index (κ3) is 4.20. The predicted octanol–water partition coefficient (Wildman–Crippen LogP) is 11.4. The maximum Gasteiger partial charge on any atom is 0.160 e. The maximum absolute atomic E-state index is 6.27. The molecule has 0 atom stereocenters. The summed E-state index contributed by atoms with van der Waals surface area (Å²) in [7, 11) is 0. The van der Waals surface area contributed by atoms with Gasteiger partial charge < -0.3 is 4.42 Å². The molecular weight excluding hydrogens is 560 g/mol. The van der Waals surface area contributed by atoms with E-state index in [9.17, 15) is 0 Å². The lowest BCUT2D eigenvalue weighted by Crippen LogP contribution is -2.14. The summed E-state index contributed by atoms with van der Waals surface area (Å²) < 4.78 is 6.27. The van der Waals surface area contributed by atoms with Crippen LogP contribution in [0.15, 0.2) is 150 Å². The van der Waals surface area contributed by atoms with Crippen molar-refractivity contribution in [1.29, 1.82) is 0 Å². The molecule has 0 unspecified atom stereocenters. The van der Waals surface area contributed by atoms with Gasteiger partial charge in [0.15, 0.2) is 11.6 Å². The van der Waals surface area contributed by atoms with Crippen molar-refractivity contribution in [2.75, 3.05) is 0 Å². The Hall–Kier alpha value is -5.80. The minimum atomic E-state index is -0.0962. The summed E-state index contributed by atoms with van der Waals surface area (Å²) >= 11 is 0. The summed E-state index contributed by atoms with van der Waals surface area (Å²) in [4.78, 5) is 10.1. The minimum Gasteiger partial charge on any atom is -0.454 e. The van der Waals surface area contributed by atoms with Crippen LogP contribution >= 0.6 is 0 Å². The number of rotatable bonds is 4. The molecule has 218 valence electrons. The Morgan fingerprint density at radius 3 is 1.98 bits per heavy atom. The summed E-state index contributed by atoms with van der Waals surface area (Å²) in [6, 6.07) is 51.2. The highest BCUT2D eigenvalue weighted by molar-refractivity contribution is 5.99. The number of hydrogen-bond acceptors (Lipinski definition) is 3. The molecule has 6 aromatic carbocycles. The normalized spacial score (nSPS) is 13.2. The lowest BCUT2D eigenvalue weighted by Gasteiger charge is -2.22. The van der Waals surface area contributed by atoms with Gasteiger partial charge in [-0.3, -0.25) is 0 Å². The van der Waals surface area contributed by atoms with Crippen LogP contribution in [0.5, 0.6) is 0 Å². The van der Waals surface area contributed by atoms with Crippen molar-refractivity contribution in [3.63, 3.8) is 0 Å². The molecule has 2 aromatic heterocycles. The van der Waals surface area contributed by atoms with Gasteiger partial charge in [0.2, 0.25) is 0 Å². The predicted molar refractivity (Wildman–Crippen MR) is 189 cm³/mol. The summed E-state index contributed by atoms with van der Waals surface area (Å²) in [6.45, 7) is 4.69. The Labute approximate surface area is 267 Å². The quantitative estimate of drug-likeness (QED) is 0.205. The first-order valence-corrected chi connectivity index (χ1v) is 15.7. The van der Waals surface area contributed by atoms with Gasteiger partial charge in [-0.05, 0) is 80.6 Å². The fourth-order valence-corrected chi connectivity index (χ4v) is 7.11. The summed E-state index contributed by atoms with van der Waals surface area (Å²) in [5.74, 6) is 1.40. The number of aromatic nitrogens is 2. The van der Waals surface area contributed by atoms with E-state index in [0.29, 0.717) is 5.82 Å². The molecule has 0 fully saturated rings. The molecular formula is C43H30N2O. The van der Waals surface area contributed by atoms with Gasteiger partial charge in [0.1, 0.15) is 11.3 Å². The van der Waals surface area contributed by atoms with Gasteiger partial charge in [0, 0.05) is 21.9 Å². The van der Waals surface area contributed by atoms with Crippen LogP contribution in [-0.4, -0.2) is 9.97 Å². The van der Waals surface area contributed by atoms with Crippen molar-refractivity contribution in [3.8, 4) is 56.4 Å². The first-order chi connectivity index (χ1) is 22.5. The second-order valence-electron chi connectivity index (χ2n) is 12.7. The van der Waals surface area contributed by atoms with E-state index in [1.807, 2.05) is 54.6 Å². The molecule has 8 aromatic rings. The number of hydrogen-bond donors (Lipinski definition) is 0. The average molecular weight is 591 g/mol. The molecule has 1 aliphatic rings. The smallest absolute Gasteiger partial charge is 0.160 e. The fraction of sp³-hybridized carbons (Fsp3) is 0.0698. The van der Waals surface area contributed by atoms with E-state index in [4.69, 9.17) is 14.4 Å². The van der Waals surface area contributed by atoms with Crippen molar-refractivity contribution < 1.29 is 4.42 Å². The van der Waals surface area contributed by atoms with Crippen LogP contribution in [0.25, 0.3) is 78.1 Å². The lowest BCUT2D eigenvalue weighted by molar-refractivity contribution is 0.628. The van der Waals surface area contributed by atoms with Crippen molar-refractivity contribution in [2.45, 2.75) is 19.3 Å². The van der Waals surface area contributed by atoms with Crippen LogP contribution in [-0.2, 0) is 5.41 Å². The van der Waals surface area contributed by atoms with Gasteiger partial charge >= 0.3 is 0 Å². The lowest BCUT2D eigenvalue weighted by atomic mass is 9.81. The summed E-state index contributed by atoms with van der Waals surface area (Å²) in [5.41, 5.74) is 12.1. The van der Waals surface area contributed by atoms with Gasteiger partial charge in [-0.2, -0.15) is 0 Å². The molecule has 0 amide bonds. The van der Waals surface area contributed by atoms with E-state index in [-0.39, 0.29) is 5.41 Å². The second kappa shape index (κ2) is 10.1. The number of nitrogens with zero attached hydrogens (tertiary/aromatic N) is 2. The Kier molecular flexibility index (Phi) is 5.85. The maximum atomic E-state index is 6.27. The number of furan rings is 1. The molecule has 0 saturated carbocycles. The van der Waals surface area contributed by atoms with Gasteiger partial charge in [0.25, 0.3) is 0 Å². The van der Waals surface area contributed by atoms with Crippen LogP contribution in [0.2, 0.25) is 0 Å². The SMILES string of the molecule is CC1(C)c2cc3ccccc3cc2-c2c(-c3cccc(-c4cc(-c5cc6ccccc6o5)nc(-c5ccccc5)n4)c3)cccc21. The molecule has 1 aliphatic carbocycles. The highest BCUT2D eigenvalue weighted by atomic mass is 16.3. The van der Waals surface area contributed by atoms with Crippen LogP contribution in [0, 0.1) is 0 Å². The van der Waals surface area contributed by atoms with E-state index in [2.05, 4.69) is 105 Å².